The molecule has 0 aromatic rings. The molecular weight excluding hydrogens is 216 g/mol. The van der Waals surface area contributed by atoms with Crippen LogP contribution in [0.1, 0.15) is 12.8 Å². The average Bonchev–Trinajstić information content (AvgIpc) is 2.15. The zero-order chi connectivity index (χ0) is 12.3. The minimum Gasteiger partial charge on any atom is -0.481 e. The molecule has 0 saturated heterocycles. The first-order valence-corrected chi connectivity index (χ1v) is 4.92. The molecule has 0 amide bonds. The van der Waals surface area contributed by atoms with Crippen molar-refractivity contribution in [2.75, 3.05) is 0 Å². The van der Waals surface area contributed by atoms with Gasteiger partial charge in [-0.25, -0.2) is 0 Å². The normalized spacial score (nSPS) is 29.3. The van der Waals surface area contributed by atoms with E-state index < -0.39 is 36.0 Å². The summed E-state index contributed by atoms with van der Waals surface area (Å²) in [5, 5.41) is 35.5. The van der Waals surface area contributed by atoms with Crippen LogP contribution >= 0.6 is 0 Å². The third kappa shape index (κ3) is 2.80. The smallest absolute Gasteiger partial charge is 0.311 e. The summed E-state index contributed by atoms with van der Waals surface area (Å²) < 4.78 is 0. The topological polar surface area (TPSA) is 115 Å². The van der Waals surface area contributed by atoms with E-state index in [9.17, 15) is 9.59 Å². The highest BCUT2D eigenvalue weighted by Gasteiger charge is 2.40. The molecule has 3 atom stereocenters. The molecule has 1 rings (SSSR count). The lowest BCUT2D eigenvalue weighted by Gasteiger charge is -2.30. The summed E-state index contributed by atoms with van der Waals surface area (Å²) in [5.41, 5.74) is 0. The second-order valence-corrected chi connectivity index (χ2v) is 3.87. The lowest BCUT2D eigenvalue weighted by molar-refractivity contribution is -0.156. The van der Waals surface area contributed by atoms with Gasteiger partial charge >= 0.3 is 11.9 Å². The van der Waals surface area contributed by atoms with Crippen LogP contribution in [-0.2, 0) is 9.59 Å². The van der Waals surface area contributed by atoms with Crippen LogP contribution in [0, 0.1) is 17.8 Å². The summed E-state index contributed by atoms with van der Waals surface area (Å²) in [4.78, 5) is 21.9. The van der Waals surface area contributed by atoms with Crippen molar-refractivity contribution in [1.29, 1.82) is 0 Å². The maximum Gasteiger partial charge on any atom is 0.311 e. The number of carboxylic acid groups (broad SMARTS) is 2. The Morgan fingerprint density at radius 1 is 1.25 bits per heavy atom. The van der Waals surface area contributed by atoms with Gasteiger partial charge in [-0.15, -0.1) is 0 Å². The van der Waals surface area contributed by atoms with E-state index >= 15 is 0 Å². The van der Waals surface area contributed by atoms with Crippen LogP contribution in [0.4, 0.5) is 0 Å². The van der Waals surface area contributed by atoms with E-state index in [1.54, 1.807) is 6.08 Å². The second-order valence-electron chi connectivity index (χ2n) is 3.87. The molecule has 4 N–H and O–H groups in total. The SMILES string of the molecule is O=C(O)C1C=CCC(CC(O)O)C1C(=O)O. The molecule has 0 saturated carbocycles. The first kappa shape index (κ1) is 12.7. The fourth-order valence-electron chi connectivity index (χ4n) is 2.06. The summed E-state index contributed by atoms with van der Waals surface area (Å²) >= 11 is 0. The maximum atomic E-state index is 11.0. The third-order valence-corrected chi connectivity index (χ3v) is 2.76. The van der Waals surface area contributed by atoms with Crippen molar-refractivity contribution in [2.45, 2.75) is 19.1 Å². The summed E-state index contributed by atoms with van der Waals surface area (Å²) in [6.07, 6.45) is 1.52. The Bertz CT molecular complexity index is 308. The van der Waals surface area contributed by atoms with Gasteiger partial charge in [-0.05, 0) is 12.3 Å². The first-order chi connectivity index (χ1) is 7.43. The molecule has 0 bridgehead atoms. The summed E-state index contributed by atoms with van der Waals surface area (Å²) in [5.74, 6) is -5.20. The summed E-state index contributed by atoms with van der Waals surface area (Å²) in [7, 11) is 0. The molecule has 0 aromatic heterocycles. The molecule has 1 aliphatic carbocycles. The minimum absolute atomic E-state index is 0.134. The van der Waals surface area contributed by atoms with Crippen LogP contribution in [0.15, 0.2) is 12.2 Å². The van der Waals surface area contributed by atoms with E-state index in [1.165, 1.54) is 6.08 Å². The highest BCUT2D eigenvalue weighted by Crippen LogP contribution is 2.33. The second kappa shape index (κ2) is 5.09. The van der Waals surface area contributed by atoms with Crippen LogP contribution in [0.25, 0.3) is 0 Å². The van der Waals surface area contributed by atoms with Crippen LogP contribution in [0.3, 0.4) is 0 Å². The van der Waals surface area contributed by atoms with Gasteiger partial charge in [0.25, 0.3) is 0 Å². The lowest BCUT2D eigenvalue weighted by Crippen LogP contribution is -2.37. The van der Waals surface area contributed by atoms with Gasteiger partial charge in [0.2, 0.25) is 0 Å². The van der Waals surface area contributed by atoms with E-state index in [-0.39, 0.29) is 6.42 Å². The molecule has 0 radical (unpaired) electrons. The Labute approximate surface area is 91.8 Å². The predicted molar refractivity (Wildman–Crippen MR) is 52.3 cm³/mol. The number of hydrogen-bond donors (Lipinski definition) is 4. The fourth-order valence-corrected chi connectivity index (χ4v) is 2.06. The van der Waals surface area contributed by atoms with Gasteiger partial charge in [-0.1, -0.05) is 12.2 Å². The molecule has 6 heteroatoms. The lowest BCUT2D eigenvalue weighted by atomic mass is 9.74. The zero-order valence-electron chi connectivity index (χ0n) is 8.48. The van der Waals surface area contributed by atoms with Crippen LogP contribution < -0.4 is 0 Å². The van der Waals surface area contributed by atoms with Crippen LogP contribution in [0.2, 0.25) is 0 Å². The van der Waals surface area contributed by atoms with Gasteiger partial charge in [-0.3, -0.25) is 9.59 Å². The highest BCUT2D eigenvalue weighted by molar-refractivity contribution is 5.82. The summed E-state index contributed by atoms with van der Waals surface area (Å²) in [6, 6.07) is 0. The molecule has 3 unspecified atom stereocenters. The molecule has 0 fully saturated rings. The van der Waals surface area contributed by atoms with E-state index in [4.69, 9.17) is 20.4 Å². The van der Waals surface area contributed by atoms with E-state index in [0.29, 0.717) is 6.42 Å². The van der Waals surface area contributed by atoms with Gasteiger partial charge in [0.15, 0.2) is 6.29 Å². The minimum atomic E-state index is -1.62. The number of carboxylic acids is 2. The van der Waals surface area contributed by atoms with Crippen molar-refractivity contribution < 1.29 is 30.0 Å². The standard InChI is InChI=1S/C10H14O6/c11-7(12)4-5-2-1-3-6(9(13)14)8(5)10(15)16/h1,3,5-8,11-12H,2,4H2,(H,13,14)(H,15,16). The highest BCUT2D eigenvalue weighted by atomic mass is 16.5. The van der Waals surface area contributed by atoms with E-state index in [0.717, 1.165) is 0 Å². The number of carbonyl (C=O) groups is 2. The van der Waals surface area contributed by atoms with Crippen molar-refractivity contribution in [3.05, 3.63) is 12.2 Å². The van der Waals surface area contributed by atoms with Crippen molar-refractivity contribution in [3.63, 3.8) is 0 Å². The van der Waals surface area contributed by atoms with Crippen molar-refractivity contribution in [3.8, 4) is 0 Å². The number of aliphatic carboxylic acids is 2. The predicted octanol–water partition coefficient (Wildman–Crippen LogP) is -0.335. The number of rotatable bonds is 4. The Hall–Kier alpha value is -1.40. The quantitative estimate of drug-likeness (QED) is 0.388. The Morgan fingerprint density at radius 2 is 1.88 bits per heavy atom. The van der Waals surface area contributed by atoms with Crippen molar-refractivity contribution in [1.82, 2.24) is 0 Å². The Morgan fingerprint density at radius 3 is 2.31 bits per heavy atom. The average molecular weight is 230 g/mol. The zero-order valence-corrected chi connectivity index (χ0v) is 8.48. The molecule has 0 spiro atoms. The van der Waals surface area contributed by atoms with Gasteiger partial charge in [0, 0.05) is 6.42 Å². The van der Waals surface area contributed by atoms with Gasteiger partial charge < -0.3 is 20.4 Å². The maximum absolute atomic E-state index is 11.0. The monoisotopic (exact) mass is 230 g/mol. The molecule has 0 aliphatic heterocycles. The van der Waals surface area contributed by atoms with Crippen molar-refractivity contribution in [2.24, 2.45) is 17.8 Å². The molecule has 6 nitrogen and oxygen atoms in total. The van der Waals surface area contributed by atoms with Crippen molar-refractivity contribution >= 4 is 11.9 Å². The Kier molecular flexibility index (Phi) is 4.03. The molecular formula is C10H14O6. The molecule has 16 heavy (non-hydrogen) atoms. The van der Waals surface area contributed by atoms with Gasteiger partial charge in [0.1, 0.15) is 0 Å². The molecule has 0 aromatic carbocycles. The third-order valence-electron chi connectivity index (χ3n) is 2.76. The number of aliphatic hydroxyl groups is 2. The van der Waals surface area contributed by atoms with Gasteiger partial charge in [-0.2, -0.15) is 0 Å². The molecule has 90 valence electrons. The fraction of sp³-hybridized carbons (Fsp3) is 0.600. The van der Waals surface area contributed by atoms with Crippen LogP contribution in [-0.4, -0.2) is 38.7 Å². The van der Waals surface area contributed by atoms with Crippen LogP contribution in [0.5, 0.6) is 0 Å². The number of hydrogen-bond acceptors (Lipinski definition) is 4. The molecule has 0 heterocycles. The number of allylic oxidation sites excluding steroid dienone is 1. The van der Waals surface area contributed by atoms with E-state index in [2.05, 4.69) is 0 Å². The number of aliphatic hydroxyl groups excluding tert-OH is 1. The van der Waals surface area contributed by atoms with Gasteiger partial charge in [0.05, 0.1) is 11.8 Å². The first-order valence-electron chi connectivity index (χ1n) is 4.92. The van der Waals surface area contributed by atoms with E-state index in [1.807, 2.05) is 0 Å². The molecule has 1 aliphatic rings. The largest absolute Gasteiger partial charge is 0.481 e. The summed E-state index contributed by atoms with van der Waals surface area (Å²) in [6.45, 7) is 0. The Balaban J connectivity index is 2.89.